The van der Waals surface area contributed by atoms with Crippen molar-refractivity contribution in [3.05, 3.63) is 0 Å². The highest BCUT2D eigenvalue weighted by atomic mass is 32.2. The van der Waals surface area contributed by atoms with Gasteiger partial charge in [0.1, 0.15) is 0 Å². The van der Waals surface area contributed by atoms with E-state index in [1.54, 1.807) is 6.92 Å². The molecular weight excluding hydrogens is 186 g/mol. The number of sulfone groups is 1. The summed E-state index contributed by atoms with van der Waals surface area (Å²) in [5.74, 6) is 0.836. The van der Waals surface area contributed by atoms with E-state index < -0.39 is 9.84 Å². The summed E-state index contributed by atoms with van der Waals surface area (Å²) in [7, 11) is -2.88. The van der Waals surface area contributed by atoms with Gasteiger partial charge in [-0.25, -0.2) is 8.42 Å². The lowest BCUT2D eigenvalue weighted by atomic mass is 10.0. The Bertz CT molecular complexity index is 242. The molecule has 0 aromatic carbocycles. The first-order chi connectivity index (χ1) is 6.05. The molecule has 0 aliphatic heterocycles. The normalized spacial score (nSPS) is 22.0. The van der Waals surface area contributed by atoms with Crippen LogP contribution >= 0.6 is 0 Å². The Kier molecular flexibility index (Phi) is 3.74. The maximum absolute atomic E-state index is 11.3. The van der Waals surface area contributed by atoms with Crippen LogP contribution in [-0.4, -0.2) is 26.0 Å². The second-order valence-electron chi connectivity index (χ2n) is 3.91. The lowest BCUT2D eigenvalue weighted by Crippen LogP contribution is -2.36. The molecule has 2 N–H and O–H groups in total. The summed E-state index contributed by atoms with van der Waals surface area (Å²) in [6.45, 7) is 1.68. The largest absolute Gasteiger partial charge is 0.327 e. The number of nitrogens with two attached hydrogens (primary N) is 1. The fraction of sp³-hybridized carbons (Fsp3) is 1.00. The van der Waals surface area contributed by atoms with Crippen molar-refractivity contribution in [3.8, 4) is 0 Å². The first-order valence-corrected chi connectivity index (χ1v) is 6.83. The van der Waals surface area contributed by atoms with E-state index in [4.69, 9.17) is 5.73 Å². The number of rotatable bonds is 4. The van der Waals surface area contributed by atoms with Gasteiger partial charge in [0.2, 0.25) is 0 Å². The van der Waals surface area contributed by atoms with Gasteiger partial charge in [-0.05, 0) is 18.8 Å². The SMILES string of the molecule is CCS(=O)(=O)CC(N)C1CCCC1. The fourth-order valence-electron chi connectivity index (χ4n) is 1.93. The average molecular weight is 205 g/mol. The predicted molar refractivity (Wildman–Crippen MR) is 54.3 cm³/mol. The van der Waals surface area contributed by atoms with Gasteiger partial charge in [0.05, 0.1) is 5.75 Å². The molecule has 0 aromatic rings. The Labute approximate surface area is 80.6 Å². The van der Waals surface area contributed by atoms with Gasteiger partial charge in [0, 0.05) is 11.8 Å². The van der Waals surface area contributed by atoms with E-state index >= 15 is 0 Å². The third-order valence-corrected chi connectivity index (χ3v) is 4.66. The summed E-state index contributed by atoms with van der Waals surface area (Å²) in [5, 5.41) is 0. The van der Waals surface area contributed by atoms with Crippen molar-refractivity contribution in [2.45, 2.75) is 38.6 Å². The second-order valence-corrected chi connectivity index (χ2v) is 6.31. The van der Waals surface area contributed by atoms with E-state index in [-0.39, 0.29) is 17.5 Å². The molecule has 1 rings (SSSR count). The molecule has 1 aliphatic rings. The molecule has 1 aliphatic carbocycles. The van der Waals surface area contributed by atoms with Crippen LogP contribution in [0, 0.1) is 5.92 Å². The second kappa shape index (κ2) is 4.42. The van der Waals surface area contributed by atoms with E-state index in [1.165, 1.54) is 12.8 Å². The smallest absolute Gasteiger partial charge is 0.151 e. The molecule has 1 fully saturated rings. The Morgan fingerprint density at radius 1 is 1.38 bits per heavy atom. The van der Waals surface area contributed by atoms with Gasteiger partial charge < -0.3 is 5.73 Å². The highest BCUT2D eigenvalue weighted by molar-refractivity contribution is 7.91. The van der Waals surface area contributed by atoms with Crippen LogP contribution in [0.1, 0.15) is 32.6 Å². The molecule has 4 heteroatoms. The lowest BCUT2D eigenvalue weighted by Gasteiger charge is -2.17. The standard InChI is InChI=1S/C9H19NO2S/c1-2-13(11,12)7-9(10)8-5-3-4-6-8/h8-9H,2-7,10H2,1H3. The number of hydrogen-bond acceptors (Lipinski definition) is 3. The van der Waals surface area contributed by atoms with Crippen molar-refractivity contribution in [2.75, 3.05) is 11.5 Å². The van der Waals surface area contributed by atoms with Gasteiger partial charge in [-0.1, -0.05) is 19.8 Å². The van der Waals surface area contributed by atoms with E-state index in [0.717, 1.165) is 12.8 Å². The quantitative estimate of drug-likeness (QED) is 0.743. The van der Waals surface area contributed by atoms with Gasteiger partial charge in [-0.2, -0.15) is 0 Å². The molecule has 0 radical (unpaired) electrons. The van der Waals surface area contributed by atoms with E-state index in [2.05, 4.69) is 0 Å². The van der Waals surface area contributed by atoms with Crippen molar-refractivity contribution in [1.29, 1.82) is 0 Å². The number of hydrogen-bond donors (Lipinski definition) is 1. The monoisotopic (exact) mass is 205 g/mol. The Morgan fingerprint density at radius 2 is 1.92 bits per heavy atom. The van der Waals surface area contributed by atoms with E-state index in [9.17, 15) is 8.42 Å². The third kappa shape index (κ3) is 3.27. The molecule has 0 spiro atoms. The molecule has 0 amide bonds. The van der Waals surface area contributed by atoms with Gasteiger partial charge in [0.15, 0.2) is 9.84 Å². The highest BCUT2D eigenvalue weighted by Crippen LogP contribution is 2.27. The van der Waals surface area contributed by atoms with Gasteiger partial charge in [0.25, 0.3) is 0 Å². The van der Waals surface area contributed by atoms with E-state index in [0.29, 0.717) is 5.92 Å². The van der Waals surface area contributed by atoms with Crippen LogP contribution < -0.4 is 5.73 Å². The third-order valence-electron chi connectivity index (χ3n) is 2.89. The molecule has 13 heavy (non-hydrogen) atoms. The molecule has 0 heterocycles. The van der Waals surface area contributed by atoms with Gasteiger partial charge >= 0.3 is 0 Å². The van der Waals surface area contributed by atoms with Crippen molar-refractivity contribution >= 4 is 9.84 Å². The van der Waals surface area contributed by atoms with Gasteiger partial charge in [-0.15, -0.1) is 0 Å². The zero-order valence-electron chi connectivity index (χ0n) is 8.20. The minimum atomic E-state index is -2.88. The molecule has 0 aromatic heterocycles. The average Bonchev–Trinajstić information content (AvgIpc) is 2.55. The fourth-order valence-corrected chi connectivity index (χ4v) is 3.03. The van der Waals surface area contributed by atoms with E-state index in [1.807, 2.05) is 0 Å². The van der Waals surface area contributed by atoms with Crippen LogP contribution in [-0.2, 0) is 9.84 Å². The Morgan fingerprint density at radius 3 is 2.38 bits per heavy atom. The zero-order chi connectivity index (χ0) is 9.90. The highest BCUT2D eigenvalue weighted by Gasteiger charge is 2.25. The first-order valence-electron chi connectivity index (χ1n) is 5.01. The van der Waals surface area contributed by atoms with Crippen LogP contribution in [0.3, 0.4) is 0 Å². The summed E-state index contributed by atoms with van der Waals surface area (Å²) >= 11 is 0. The Hall–Kier alpha value is -0.0900. The molecule has 3 nitrogen and oxygen atoms in total. The summed E-state index contributed by atoms with van der Waals surface area (Å²) in [5.41, 5.74) is 5.86. The molecule has 1 atom stereocenters. The minimum Gasteiger partial charge on any atom is -0.327 e. The lowest BCUT2D eigenvalue weighted by molar-refractivity contribution is 0.455. The topological polar surface area (TPSA) is 60.2 Å². The van der Waals surface area contributed by atoms with Crippen molar-refractivity contribution in [1.82, 2.24) is 0 Å². The van der Waals surface area contributed by atoms with Crippen LogP contribution in [0.5, 0.6) is 0 Å². The van der Waals surface area contributed by atoms with Crippen LogP contribution in [0.2, 0.25) is 0 Å². The van der Waals surface area contributed by atoms with Gasteiger partial charge in [-0.3, -0.25) is 0 Å². The predicted octanol–water partition coefficient (Wildman–Crippen LogP) is 0.939. The molecule has 78 valence electrons. The first kappa shape index (κ1) is 11.0. The summed E-state index contributed by atoms with van der Waals surface area (Å²) in [4.78, 5) is 0. The molecule has 0 saturated heterocycles. The minimum absolute atomic E-state index is 0.132. The van der Waals surface area contributed by atoms with Crippen molar-refractivity contribution in [3.63, 3.8) is 0 Å². The Balaban J connectivity index is 2.44. The molecule has 1 unspecified atom stereocenters. The summed E-state index contributed by atoms with van der Waals surface area (Å²) in [6, 6.07) is -0.132. The maximum atomic E-state index is 11.3. The summed E-state index contributed by atoms with van der Waals surface area (Å²) < 4.78 is 22.6. The molecule has 0 bridgehead atoms. The molecular formula is C9H19NO2S. The zero-order valence-corrected chi connectivity index (χ0v) is 9.02. The van der Waals surface area contributed by atoms with Crippen LogP contribution in [0.4, 0.5) is 0 Å². The van der Waals surface area contributed by atoms with Crippen molar-refractivity contribution < 1.29 is 8.42 Å². The van der Waals surface area contributed by atoms with Crippen LogP contribution in [0.25, 0.3) is 0 Å². The maximum Gasteiger partial charge on any atom is 0.151 e. The molecule has 1 saturated carbocycles. The summed E-state index contributed by atoms with van der Waals surface area (Å²) in [6.07, 6.45) is 4.65. The van der Waals surface area contributed by atoms with Crippen LogP contribution in [0.15, 0.2) is 0 Å². The van der Waals surface area contributed by atoms with Crippen molar-refractivity contribution in [2.24, 2.45) is 11.7 Å².